The summed E-state index contributed by atoms with van der Waals surface area (Å²) in [4.78, 5) is 14.1. The molecule has 4 heteroatoms. The van der Waals surface area contributed by atoms with Crippen LogP contribution in [-0.4, -0.2) is 26.6 Å². The first kappa shape index (κ1) is 18.6. The van der Waals surface area contributed by atoms with Crippen LogP contribution in [0.4, 0.5) is 11.4 Å². The van der Waals surface area contributed by atoms with Gasteiger partial charge in [0.2, 0.25) is 5.91 Å². The molecular formula is C21H26N2O2. The fraction of sp³-hybridized carbons (Fsp3) is 0.286. The largest absolute Gasteiger partial charge is 0.493 e. The van der Waals surface area contributed by atoms with E-state index in [0.717, 1.165) is 35.5 Å². The first-order valence-corrected chi connectivity index (χ1v) is 8.58. The Labute approximate surface area is 150 Å². The minimum absolute atomic E-state index is 0.166. The summed E-state index contributed by atoms with van der Waals surface area (Å²) in [7, 11) is 3.96. The highest BCUT2D eigenvalue weighted by atomic mass is 16.5. The summed E-state index contributed by atoms with van der Waals surface area (Å²) in [5.74, 6) is 0.635. The summed E-state index contributed by atoms with van der Waals surface area (Å²) in [5, 5.41) is 2.86. The topological polar surface area (TPSA) is 41.6 Å². The molecular weight excluding hydrogens is 312 g/mol. The van der Waals surface area contributed by atoms with Crippen molar-refractivity contribution in [3.8, 4) is 5.75 Å². The van der Waals surface area contributed by atoms with Crippen molar-refractivity contribution in [3.63, 3.8) is 0 Å². The van der Waals surface area contributed by atoms with Gasteiger partial charge in [0.15, 0.2) is 0 Å². The number of nitrogens with one attached hydrogen (secondary N) is 1. The molecule has 0 spiro atoms. The second-order valence-electron chi connectivity index (χ2n) is 6.00. The molecule has 0 heterocycles. The zero-order chi connectivity index (χ0) is 18.1. The number of carbonyl (C=O) groups is 1. The van der Waals surface area contributed by atoms with Crippen LogP contribution in [0.25, 0.3) is 6.08 Å². The Morgan fingerprint density at radius 1 is 1.12 bits per heavy atom. The molecule has 0 aliphatic rings. The maximum absolute atomic E-state index is 12.1. The number of benzene rings is 2. The third-order valence-corrected chi connectivity index (χ3v) is 3.74. The number of amides is 1. The molecule has 0 saturated carbocycles. The van der Waals surface area contributed by atoms with Gasteiger partial charge in [0.05, 0.1) is 6.61 Å². The Bertz CT molecular complexity index is 706. The molecule has 2 aromatic rings. The smallest absolute Gasteiger partial charge is 0.248 e. The van der Waals surface area contributed by atoms with Crippen LogP contribution in [0.2, 0.25) is 0 Å². The lowest BCUT2D eigenvalue weighted by Crippen LogP contribution is -2.10. The van der Waals surface area contributed by atoms with Crippen LogP contribution in [0.3, 0.4) is 0 Å². The van der Waals surface area contributed by atoms with Crippen molar-refractivity contribution in [2.45, 2.75) is 19.8 Å². The molecule has 25 heavy (non-hydrogen) atoms. The minimum atomic E-state index is -0.166. The summed E-state index contributed by atoms with van der Waals surface area (Å²) in [5.41, 5.74) is 2.76. The van der Waals surface area contributed by atoms with Gasteiger partial charge in [0.1, 0.15) is 5.75 Å². The van der Waals surface area contributed by atoms with Gasteiger partial charge in [-0.05, 0) is 42.8 Å². The first-order valence-electron chi connectivity index (χ1n) is 8.58. The lowest BCUT2D eigenvalue weighted by atomic mass is 10.2. The van der Waals surface area contributed by atoms with E-state index < -0.39 is 0 Å². The van der Waals surface area contributed by atoms with E-state index in [1.807, 2.05) is 67.5 Å². The lowest BCUT2D eigenvalue weighted by Gasteiger charge is -2.12. The van der Waals surface area contributed by atoms with Crippen LogP contribution >= 0.6 is 0 Å². The van der Waals surface area contributed by atoms with E-state index in [1.54, 1.807) is 6.08 Å². The van der Waals surface area contributed by atoms with Crippen molar-refractivity contribution >= 4 is 23.4 Å². The highest BCUT2D eigenvalue weighted by molar-refractivity contribution is 6.02. The summed E-state index contributed by atoms with van der Waals surface area (Å²) < 4.78 is 5.78. The zero-order valence-electron chi connectivity index (χ0n) is 15.2. The van der Waals surface area contributed by atoms with Gasteiger partial charge in [0.25, 0.3) is 0 Å². The van der Waals surface area contributed by atoms with Gasteiger partial charge in [0, 0.05) is 37.1 Å². The van der Waals surface area contributed by atoms with Crippen LogP contribution in [0.5, 0.6) is 5.75 Å². The van der Waals surface area contributed by atoms with E-state index in [9.17, 15) is 4.79 Å². The average molecular weight is 338 g/mol. The number of unbranched alkanes of at least 4 members (excludes halogenated alkanes) is 1. The van der Waals surface area contributed by atoms with Gasteiger partial charge >= 0.3 is 0 Å². The standard InChI is InChI=1S/C21H26N2O2/c1-4-5-16-25-20-9-7-6-8-17(20)10-15-21(24)22-18-11-13-19(14-12-18)23(2)3/h6-15H,4-5,16H2,1-3H3,(H,22,24)/b15-10+. The summed E-state index contributed by atoms with van der Waals surface area (Å²) >= 11 is 0. The van der Waals surface area contributed by atoms with Crippen LogP contribution in [0.1, 0.15) is 25.3 Å². The fourth-order valence-corrected chi connectivity index (χ4v) is 2.27. The Morgan fingerprint density at radius 2 is 1.84 bits per heavy atom. The number of hydrogen-bond acceptors (Lipinski definition) is 3. The van der Waals surface area contributed by atoms with Gasteiger partial charge < -0.3 is 15.0 Å². The number of hydrogen-bond donors (Lipinski definition) is 1. The van der Waals surface area contributed by atoms with Crippen molar-refractivity contribution in [3.05, 3.63) is 60.2 Å². The highest BCUT2D eigenvalue weighted by Gasteiger charge is 2.02. The molecule has 1 amide bonds. The molecule has 0 aliphatic carbocycles. The van der Waals surface area contributed by atoms with Crippen molar-refractivity contribution in [1.29, 1.82) is 0 Å². The van der Waals surface area contributed by atoms with Crippen molar-refractivity contribution in [2.24, 2.45) is 0 Å². The van der Waals surface area contributed by atoms with Crippen molar-refractivity contribution < 1.29 is 9.53 Å². The number of carbonyl (C=O) groups excluding carboxylic acids is 1. The first-order chi connectivity index (χ1) is 12.1. The molecule has 0 aliphatic heterocycles. The van der Waals surface area contributed by atoms with E-state index in [4.69, 9.17) is 4.74 Å². The molecule has 0 fully saturated rings. The van der Waals surface area contributed by atoms with Gasteiger partial charge in [-0.1, -0.05) is 31.5 Å². The summed E-state index contributed by atoms with van der Waals surface area (Å²) in [6.45, 7) is 2.82. The number of rotatable bonds is 8. The molecule has 4 nitrogen and oxygen atoms in total. The Balaban J connectivity index is 1.98. The van der Waals surface area contributed by atoms with Gasteiger partial charge in [-0.2, -0.15) is 0 Å². The molecule has 0 aromatic heterocycles. The monoisotopic (exact) mass is 338 g/mol. The summed E-state index contributed by atoms with van der Waals surface area (Å²) in [6, 6.07) is 15.5. The molecule has 0 radical (unpaired) electrons. The van der Waals surface area contributed by atoms with E-state index >= 15 is 0 Å². The normalized spacial score (nSPS) is 10.7. The SMILES string of the molecule is CCCCOc1ccccc1/C=C/C(=O)Nc1ccc(N(C)C)cc1. The minimum Gasteiger partial charge on any atom is -0.493 e. The Morgan fingerprint density at radius 3 is 2.52 bits per heavy atom. The average Bonchev–Trinajstić information content (AvgIpc) is 2.61. The molecule has 0 bridgehead atoms. The Kier molecular flexibility index (Phi) is 7.08. The predicted octanol–water partition coefficient (Wildman–Crippen LogP) is 4.58. The number of para-hydroxylation sites is 1. The number of ether oxygens (including phenoxy) is 1. The highest BCUT2D eigenvalue weighted by Crippen LogP contribution is 2.20. The zero-order valence-corrected chi connectivity index (χ0v) is 15.2. The second-order valence-corrected chi connectivity index (χ2v) is 6.00. The maximum Gasteiger partial charge on any atom is 0.248 e. The van der Waals surface area contributed by atoms with Gasteiger partial charge in [-0.25, -0.2) is 0 Å². The van der Waals surface area contributed by atoms with E-state index in [-0.39, 0.29) is 5.91 Å². The van der Waals surface area contributed by atoms with Crippen molar-refractivity contribution in [2.75, 3.05) is 30.9 Å². The molecule has 0 atom stereocenters. The molecule has 0 saturated heterocycles. The van der Waals surface area contributed by atoms with E-state index in [1.165, 1.54) is 6.08 Å². The molecule has 132 valence electrons. The molecule has 2 rings (SSSR count). The molecule has 0 unspecified atom stereocenters. The van der Waals surface area contributed by atoms with Crippen LogP contribution < -0.4 is 15.0 Å². The second kappa shape index (κ2) is 9.52. The lowest BCUT2D eigenvalue weighted by molar-refractivity contribution is -0.111. The predicted molar refractivity (Wildman–Crippen MR) is 105 cm³/mol. The fourth-order valence-electron chi connectivity index (χ4n) is 2.27. The maximum atomic E-state index is 12.1. The third kappa shape index (κ3) is 5.99. The van der Waals surface area contributed by atoms with Crippen LogP contribution in [-0.2, 0) is 4.79 Å². The van der Waals surface area contributed by atoms with Crippen LogP contribution in [0.15, 0.2) is 54.6 Å². The molecule has 2 aromatic carbocycles. The quantitative estimate of drug-likeness (QED) is 0.566. The van der Waals surface area contributed by atoms with Crippen molar-refractivity contribution in [1.82, 2.24) is 0 Å². The Hall–Kier alpha value is -2.75. The third-order valence-electron chi connectivity index (χ3n) is 3.74. The van der Waals surface area contributed by atoms with Gasteiger partial charge in [-0.15, -0.1) is 0 Å². The van der Waals surface area contributed by atoms with E-state index in [0.29, 0.717) is 6.61 Å². The van der Waals surface area contributed by atoms with E-state index in [2.05, 4.69) is 12.2 Å². The molecule has 1 N–H and O–H groups in total. The number of nitrogens with zero attached hydrogens (tertiary/aromatic N) is 1. The van der Waals surface area contributed by atoms with Crippen LogP contribution in [0, 0.1) is 0 Å². The number of anilines is 2. The van der Waals surface area contributed by atoms with Gasteiger partial charge in [-0.3, -0.25) is 4.79 Å². The summed E-state index contributed by atoms with van der Waals surface area (Å²) in [6.07, 6.45) is 5.42.